The molecule has 0 amide bonds. The lowest BCUT2D eigenvalue weighted by molar-refractivity contribution is -0.141. The van der Waals surface area contributed by atoms with Gasteiger partial charge in [-0.1, -0.05) is 6.07 Å². The molecule has 0 radical (unpaired) electrons. The van der Waals surface area contributed by atoms with Crippen molar-refractivity contribution in [1.82, 2.24) is 10.3 Å². The van der Waals surface area contributed by atoms with E-state index in [1.807, 2.05) is 0 Å². The number of rotatable bonds is 0. The van der Waals surface area contributed by atoms with Crippen LogP contribution in [0.25, 0.3) is 0 Å². The van der Waals surface area contributed by atoms with E-state index in [-0.39, 0.29) is 5.88 Å². The van der Waals surface area contributed by atoms with E-state index in [2.05, 4.69) is 10.3 Å². The van der Waals surface area contributed by atoms with Crippen molar-refractivity contribution in [3.8, 4) is 5.88 Å². The molecule has 0 unspecified atom stereocenters. The largest absolute Gasteiger partial charge is 0.476 e. The fourth-order valence-electron chi connectivity index (χ4n) is 1.33. The summed E-state index contributed by atoms with van der Waals surface area (Å²) in [6, 6.07) is 2.36. The maximum Gasteiger partial charge on any atom is 0.433 e. The van der Waals surface area contributed by atoms with Gasteiger partial charge in [-0.05, 0) is 6.07 Å². The first kappa shape index (κ1) is 10.2. The van der Waals surface area contributed by atoms with Gasteiger partial charge in [-0.3, -0.25) is 0 Å². The Hall–Kier alpha value is -1.30. The van der Waals surface area contributed by atoms with Crippen molar-refractivity contribution in [3.05, 3.63) is 23.4 Å². The molecule has 15 heavy (non-hydrogen) atoms. The normalized spacial score (nSPS) is 16.5. The van der Waals surface area contributed by atoms with Crippen LogP contribution in [-0.4, -0.2) is 18.1 Å². The predicted molar refractivity (Wildman–Crippen MR) is 46.4 cm³/mol. The molecule has 82 valence electrons. The summed E-state index contributed by atoms with van der Waals surface area (Å²) in [6.07, 6.45) is -4.42. The lowest BCUT2D eigenvalue weighted by Gasteiger charge is -2.09. The number of aromatic nitrogens is 1. The molecule has 1 aromatic heterocycles. The minimum absolute atomic E-state index is 0.0785. The summed E-state index contributed by atoms with van der Waals surface area (Å²) in [7, 11) is 0. The summed E-state index contributed by atoms with van der Waals surface area (Å²) in [5.74, 6) is 0.0785. The highest BCUT2D eigenvalue weighted by Gasteiger charge is 2.33. The Balaban J connectivity index is 2.36. The van der Waals surface area contributed by atoms with Crippen LogP contribution in [0.3, 0.4) is 0 Å². The maximum atomic E-state index is 12.3. The predicted octanol–water partition coefficient (Wildman–Crippen LogP) is 1.58. The van der Waals surface area contributed by atoms with Crippen LogP contribution in [0.4, 0.5) is 13.2 Å². The second-order valence-electron chi connectivity index (χ2n) is 3.18. The first-order valence-electron chi connectivity index (χ1n) is 4.48. The lowest BCUT2D eigenvalue weighted by Crippen LogP contribution is -2.16. The van der Waals surface area contributed by atoms with Crippen molar-refractivity contribution in [1.29, 1.82) is 0 Å². The maximum absolute atomic E-state index is 12.3. The molecule has 0 fully saturated rings. The zero-order chi connectivity index (χ0) is 10.9. The van der Waals surface area contributed by atoms with E-state index in [1.54, 1.807) is 0 Å². The number of hydrogen-bond acceptors (Lipinski definition) is 3. The number of pyridine rings is 1. The smallest absolute Gasteiger partial charge is 0.433 e. The number of hydrogen-bond donors (Lipinski definition) is 1. The van der Waals surface area contributed by atoms with Crippen LogP contribution < -0.4 is 10.1 Å². The fraction of sp³-hybridized carbons (Fsp3) is 0.444. The Morgan fingerprint density at radius 3 is 2.87 bits per heavy atom. The molecule has 0 saturated heterocycles. The van der Waals surface area contributed by atoms with Gasteiger partial charge in [0.15, 0.2) is 0 Å². The minimum atomic E-state index is -4.42. The highest BCUT2D eigenvalue weighted by molar-refractivity contribution is 5.29. The van der Waals surface area contributed by atoms with Gasteiger partial charge in [0, 0.05) is 18.7 Å². The quantitative estimate of drug-likeness (QED) is 0.717. The second kappa shape index (κ2) is 3.69. The molecule has 0 saturated carbocycles. The van der Waals surface area contributed by atoms with Gasteiger partial charge < -0.3 is 10.1 Å². The molecule has 6 heteroatoms. The zero-order valence-corrected chi connectivity index (χ0v) is 7.77. The van der Waals surface area contributed by atoms with Gasteiger partial charge in [0.05, 0.1) is 0 Å². The Morgan fingerprint density at radius 2 is 2.13 bits per heavy atom. The van der Waals surface area contributed by atoms with Crippen molar-refractivity contribution in [2.24, 2.45) is 0 Å². The van der Waals surface area contributed by atoms with Gasteiger partial charge in [0.1, 0.15) is 12.3 Å². The molecule has 0 aliphatic carbocycles. The van der Waals surface area contributed by atoms with Crippen LogP contribution in [0.1, 0.15) is 11.3 Å². The van der Waals surface area contributed by atoms with E-state index < -0.39 is 11.9 Å². The average molecular weight is 218 g/mol. The molecule has 1 aliphatic heterocycles. The summed E-state index contributed by atoms with van der Waals surface area (Å²) in [5, 5.41) is 3.02. The van der Waals surface area contributed by atoms with Crippen LogP contribution in [-0.2, 0) is 12.7 Å². The van der Waals surface area contributed by atoms with Crippen LogP contribution >= 0.6 is 0 Å². The van der Waals surface area contributed by atoms with Gasteiger partial charge in [-0.25, -0.2) is 4.98 Å². The van der Waals surface area contributed by atoms with Crippen molar-refractivity contribution >= 4 is 0 Å². The van der Waals surface area contributed by atoms with E-state index in [9.17, 15) is 13.2 Å². The van der Waals surface area contributed by atoms with Gasteiger partial charge in [-0.15, -0.1) is 0 Å². The zero-order valence-electron chi connectivity index (χ0n) is 7.77. The molecule has 1 aliphatic rings. The van der Waals surface area contributed by atoms with E-state index in [1.165, 1.54) is 6.07 Å². The van der Waals surface area contributed by atoms with Crippen LogP contribution in [0.15, 0.2) is 12.1 Å². The number of nitrogens with zero attached hydrogens (tertiary/aromatic N) is 1. The third-order valence-electron chi connectivity index (χ3n) is 2.06. The van der Waals surface area contributed by atoms with Gasteiger partial charge in [-0.2, -0.15) is 13.2 Å². The number of halogens is 3. The summed E-state index contributed by atoms with van der Waals surface area (Å²) >= 11 is 0. The van der Waals surface area contributed by atoms with Crippen molar-refractivity contribution in [2.45, 2.75) is 12.7 Å². The number of nitrogens with one attached hydrogen (secondary N) is 1. The Bertz CT molecular complexity index is 365. The fourth-order valence-corrected chi connectivity index (χ4v) is 1.33. The molecule has 0 spiro atoms. The Labute approximate surface area is 84.3 Å². The number of alkyl halides is 3. The van der Waals surface area contributed by atoms with Crippen LogP contribution in [0, 0.1) is 0 Å². The van der Waals surface area contributed by atoms with E-state index >= 15 is 0 Å². The summed E-state index contributed by atoms with van der Waals surface area (Å²) in [6.45, 7) is 1.43. The van der Waals surface area contributed by atoms with Gasteiger partial charge >= 0.3 is 6.18 Å². The van der Waals surface area contributed by atoms with Gasteiger partial charge in [0.25, 0.3) is 0 Å². The molecule has 0 aromatic carbocycles. The second-order valence-corrected chi connectivity index (χ2v) is 3.18. The molecule has 1 N–H and O–H groups in total. The van der Waals surface area contributed by atoms with Crippen LogP contribution in [0.5, 0.6) is 5.88 Å². The van der Waals surface area contributed by atoms with Crippen molar-refractivity contribution in [2.75, 3.05) is 13.2 Å². The number of ether oxygens (including phenoxy) is 1. The third kappa shape index (κ3) is 2.20. The first-order valence-corrected chi connectivity index (χ1v) is 4.48. The van der Waals surface area contributed by atoms with Crippen molar-refractivity contribution < 1.29 is 17.9 Å². The van der Waals surface area contributed by atoms with Crippen molar-refractivity contribution in [3.63, 3.8) is 0 Å². The highest BCUT2D eigenvalue weighted by Crippen LogP contribution is 2.30. The monoisotopic (exact) mass is 218 g/mol. The lowest BCUT2D eigenvalue weighted by atomic mass is 10.2. The number of fused-ring (bicyclic) bond motifs is 1. The van der Waals surface area contributed by atoms with Gasteiger partial charge in [0.2, 0.25) is 5.88 Å². The topological polar surface area (TPSA) is 34.1 Å². The molecule has 0 atom stereocenters. The first-order chi connectivity index (χ1) is 7.07. The Kier molecular flexibility index (Phi) is 2.52. The van der Waals surface area contributed by atoms with Crippen LogP contribution in [0.2, 0.25) is 0 Å². The SMILES string of the molecule is FC(F)(F)c1ccc2c(n1)OCCNC2. The molecule has 2 heterocycles. The summed E-state index contributed by atoms with van der Waals surface area (Å²) in [4.78, 5) is 3.46. The minimum Gasteiger partial charge on any atom is -0.476 e. The van der Waals surface area contributed by atoms with E-state index in [4.69, 9.17) is 4.74 Å². The molecular formula is C9H9F3N2O. The molecule has 0 bridgehead atoms. The van der Waals surface area contributed by atoms with E-state index in [0.29, 0.717) is 25.3 Å². The third-order valence-corrected chi connectivity index (χ3v) is 2.06. The molecule has 1 aromatic rings. The summed E-state index contributed by atoms with van der Waals surface area (Å²) in [5.41, 5.74) is -0.261. The molecular weight excluding hydrogens is 209 g/mol. The van der Waals surface area contributed by atoms with E-state index in [0.717, 1.165) is 6.07 Å². The highest BCUT2D eigenvalue weighted by atomic mass is 19.4. The summed E-state index contributed by atoms with van der Waals surface area (Å²) < 4.78 is 42.1. The average Bonchev–Trinajstić information content (AvgIpc) is 2.39. The standard InChI is InChI=1S/C9H9F3N2O/c10-9(11,12)7-2-1-6-5-13-3-4-15-8(6)14-7/h1-2,13H,3-5H2. The molecule has 2 rings (SSSR count). The Morgan fingerprint density at radius 1 is 1.33 bits per heavy atom. The molecule has 3 nitrogen and oxygen atoms in total.